The Balaban J connectivity index is 1.78. The summed E-state index contributed by atoms with van der Waals surface area (Å²) in [6.45, 7) is 2.67. The number of amides is 2. The van der Waals surface area contributed by atoms with Crippen molar-refractivity contribution in [1.82, 2.24) is 5.32 Å². The Labute approximate surface area is 123 Å². The zero-order valence-corrected chi connectivity index (χ0v) is 12.1. The smallest absolute Gasteiger partial charge is 0.326 e. The van der Waals surface area contributed by atoms with Gasteiger partial charge in [0.05, 0.1) is 0 Å². The van der Waals surface area contributed by atoms with E-state index in [1.54, 1.807) is 4.90 Å². The number of hydrogen-bond acceptors (Lipinski definition) is 2. The molecule has 1 unspecified atom stereocenters. The number of anilines is 1. The molecular weight excluding hydrogens is 268 g/mol. The largest absolute Gasteiger partial charge is 0.480 e. The van der Waals surface area contributed by atoms with E-state index in [0.717, 1.165) is 36.9 Å². The number of rotatable bonds is 3. The molecule has 0 aromatic heterocycles. The number of urea groups is 1. The van der Waals surface area contributed by atoms with Crippen LogP contribution in [0.2, 0.25) is 0 Å². The normalized spacial score (nSPS) is 18.8. The Morgan fingerprint density at radius 3 is 2.81 bits per heavy atom. The third-order valence-electron chi connectivity index (χ3n) is 4.24. The number of fused-ring (bicyclic) bond motifs is 1. The van der Waals surface area contributed by atoms with Crippen LogP contribution in [0.4, 0.5) is 10.5 Å². The molecular formula is C16H20N2O3. The van der Waals surface area contributed by atoms with Crippen LogP contribution in [0.25, 0.3) is 0 Å². The van der Waals surface area contributed by atoms with Crippen LogP contribution >= 0.6 is 0 Å². The van der Waals surface area contributed by atoms with Gasteiger partial charge in [0.25, 0.3) is 0 Å². The van der Waals surface area contributed by atoms with Crippen molar-refractivity contribution < 1.29 is 14.7 Å². The number of hydrogen-bond donors (Lipinski definition) is 2. The van der Waals surface area contributed by atoms with Gasteiger partial charge >= 0.3 is 12.0 Å². The zero-order valence-electron chi connectivity index (χ0n) is 12.1. The van der Waals surface area contributed by atoms with Gasteiger partial charge in [-0.1, -0.05) is 17.7 Å². The molecule has 112 valence electrons. The van der Waals surface area contributed by atoms with Gasteiger partial charge in [-0.05, 0) is 50.2 Å². The van der Waals surface area contributed by atoms with Crippen LogP contribution in [-0.2, 0) is 11.2 Å². The minimum atomic E-state index is -0.938. The summed E-state index contributed by atoms with van der Waals surface area (Å²) in [7, 11) is 0. The second-order valence-electron chi connectivity index (χ2n) is 5.99. The Kier molecular flexibility index (Phi) is 3.57. The van der Waals surface area contributed by atoms with Crippen molar-refractivity contribution in [2.24, 2.45) is 5.92 Å². The molecule has 1 saturated carbocycles. The summed E-state index contributed by atoms with van der Waals surface area (Å²) in [5, 5.41) is 11.9. The highest BCUT2D eigenvalue weighted by molar-refractivity contribution is 5.95. The van der Waals surface area contributed by atoms with E-state index < -0.39 is 12.0 Å². The number of carbonyl (C=O) groups is 2. The van der Waals surface area contributed by atoms with Crippen LogP contribution in [0.3, 0.4) is 0 Å². The van der Waals surface area contributed by atoms with Crippen molar-refractivity contribution in [3.8, 4) is 0 Å². The van der Waals surface area contributed by atoms with Crippen LogP contribution in [-0.4, -0.2) is 29.7 Å². The van der Waals surface area contributed by atoms with Gasteiger partial charge in [-0.2, -0.15) is 0 Å². The van der Waals surface area contributed by atoms with E-state index in [1.807, 2.05) is 19.1 Å². The molecule has 2 aliphatic rings. The summed E-state index contributed by atoms with van der Waals surface area (Å²) in [5.41, 5.74) is 3.25. The van der Waals surface area contributed by atoms with Crippen LogP contribution in [0.5, 0.6) is 0 Å². The molecule has 0 bridgehead atoms. The number of aliphatic carboxylic acids is 1. The molecule has 1 aliphatic carbocycles. The lowest BCUT2D eigenvalue weighted by Crippen LogP contribution is -2.50. The molecule has 0 spiro atoms. The van der Waals surface area contributed by atoms with E-state index in [0.29, 0.717) is 6.54 Å². The number of nitrogens with zero attached hydrogens (tertiary/aromatic N) is 1. The fourth-order valence-electron chi connectivity index (χ4n) is 2.96. The standard InChI is InChI=1S/C16H20N2O3/c1-10-4-7-13-12(9-10)3-2-8-18(13)16(21)17-14(15(19)20)11-5-6-11/h4,7,9,11,14H,2-3,5-6,8H2,1H3,(H,17,21)(H,19,20). The molecule has 1 aromatic carbocycles. The van der Waals surface area contributed by atoms with Gasteiger partial charge in [0.1, 0.15) is 6.04 Å². The molecule has 1 atom stereocenters. The van der Waals surface area contributed by atoms with Crippen molar-refractivity contribution in [2.45, 2.75) is 38.6 Å². The first-order valence-electron chi connectivity index (χ1n) is 7.46. The SMILES string of the molecule is Cc1ccc2c(c1)CCCN2C(=O)NC(C(=O)O)C1CC1. The average molecular weight is 288 g/mol. The lowest BCUT2D eigenvalue weighted by Gasteiger charge is -2.31. The summed E-state index contributed by atoms with van der Waals surface area (Å²) in [5.74, 6) is -0.847. The van der Waals surface area contributed by atoms with Crippen LogP contribution < -0.4 is 10.2 Å². The minimum Gasteiger partial charge on any atom is -0.480 e. The number of benzene rings is 1. The second kappa shape index (κ2) is 5.39. The number of aryl methyl sites for hydroxylation is 2. The predicted octanol–water partition coefficient (Wildman–Crippen LogP) is 2.32. The maximum absolute atomic E-state index is 12.4. The molecule has 1 aromatic rings. The van der Waals surface area contributed by atoms with Gasteiger partial charge in [0.15, 0.2) is 0 Å². The Morgan fingerprint density at radius 2 is 2.14 bits per heavy atom. The highest BCUT2D eigenvalue weighted by Crippen LogP contribution is 2.33. The van der Waals surface area contributed by atoms with E-state index in [1.165, 1.54) is 5.56 Å². The van der Waals surface area contributed by atoms with Gasteiger partial charge in [-0.3, -0.25) is 4.90 Å². The summed E-state index contributed by atoms with van der Waals surface area (Å²) >= 11 is 0. The predicted molar refractivity (Wildman–Crippen MR) is 79.5 cm³/mol. The quantitative estimate of drug-likeness (QED) is 0.896. The third kappa shape index (κ3) is 2.86. The molecule has 2 amide bonds. The third-order valence-corrected chi connectivity index (χ3v) is 4.24. The van der Waals surface area contributed by atoms with Gasteiger partial charge < -0.3 is 10.4 Å². The van der Waals surface area contributed by atoms with Gasteiger partial charge in [-0.25, -0.2) is 9.59 Å². The van der Waals surface area contributed by atoms with Crippen molar-refractivity contribution >= 4 is 17.7 Å². The monoisotopic (exact) mass is 288 g/mol. The minimum absolute atomic E-state index is 0.0914. The van der Waals surface area contributed by atoms with E-state index >= 15 is 0 Å². The Hall–Kier alpha value is -2.04. The van der Waals surface area contributed by atoms with E-state index in [9.17, 15) is 14.7 Å². The van der Waals surface area contributed by atoms with E-state index in [-0.39, 0.29) is 11.9 Å². The van der Waals surface area contributed by atoms with Crippen molar-refractivity contribution in [3.05, 3.63) is 29.3 Å². The fourth-order valence-corrected chi connectivity index (χ4v) is 2.96. The lowest BCUT2D eigenvalue weighted by atomic mass is 10.00. The summed E-state index contributed by atoms with van der Waals surface area (Å²) in [6.07, 6.45) is 3.64. The molecule has 3 rings (SSSR count). The first-order chi connectivity index (χ1) is 10.1. The lowest BCUT2D eigenvalue weighted by molar-refractivity contribution is -0.139. The molecule has 0 saturated heterocycles. The highest BCUT2D eigenvalue weighted by atomic mass is 16.4. The molecule has 21 heavy (non-hydrogen) atoms. The second-order valence-corrected chi connectivity index (χ2v) is 5.99. The zero-order chi connectivity index (χ0) is 15.0. The van der Waals surface area contributed by atoms with E-state index in [4.69, 9.17) is 0 Å². The number of nitrogens with one attached hydrogen (secondary N) is 1. The van der Waals surface area contributed by atoms with Gasteiger partial charge in [-0.15, -0.1) is 0 Å². The number of carboxylic acids is 1. The maximum atomic E-state index is 12.4. The van der Waals surface area contributed by atoms with Crippen LogP contribution in [0.15, 0.2) is 18.2 Å². The number of carbonyl (C=O) groups excluding carboxylic acids is 1. The molecule has 5 heteroatoms. The summed E-state index contributed by atoms with van der Waals surface area (Å²) in [6, 6.07) is 4.99. The molecule has 1 heterocycles. The van der Waals surface area contributed by atoms with Gasteiger partial charge in [0.2, 0.25) is 0 Å². The first-order valence-corrected chi connectivity index (χ1v) is 7.46. The topological polar surface area (TPSA) is 69.6 Å². The van der Waals surface area contributed by atoms with Crippen molar-refractivity contribution in [2.75, 3.05) is 11.4 Å². The molecule has 5 nitrogen and oxygen atoms in total. The van der Waals surface area contributed by atoms with Gasteiger partial charge in [0, 0.05) is 12.2 Å². The molecule has 1 fully saturated rings. The Bertz CT molecular complexity index is 581. The molecule has 1 aliphatic heterocycles. The summed E-state index contributed by atoms with van der Waals surface area (Å²) in [4.78, 5) is 25.4. The first kappa shape index (κ1) is 13.9. The maximum Gasteiger partial charge on any atom is 0.326 e. The number of carboxylic acid groups (broad SMARTS) is 1. The Morgan fingerprint density at radius 1 is 1.38 bits per heavy atom. The van der Waals surface area contributed by atoms with E-state index in [2.05, 4.69) is 11.4 Å². The fraction of sp³-hybridized carbons (Fsp3) is 0.500. The molecule has 2 N–H and O–H groups in total. The average Bonchev–Trinajstić information content (AvgIpc) is 3.27. The summed E-state index contributed by atoms with van der Waals surface area (Å²) < 4.78 is 0. The van der Waals surface area contributed by atoms with Crippen molar-refractivity contribution in [1.29, 1.82) is 0 Å². The van der Waals surface area contributed by atoms with Crippen LogP contribution in [0.1, 0.15) is 30.4 Å². The van der Waals surface area contributed by atoms with Crippen LogP contribution in [0, 0.1) is 12.8 Å². The molecule has 0 radical (unpaired) electrons. The highest BCUT2D eigenvalue weighted by Gasteiger charge is 2.38. The van der Waals surface area contributed by atoms with Crippen molar-refractivity contribution in [3.63, 3.8) is 0 Å².